The van der Waals surface area contributed by atoms with Crippen LogP contribution in [0.15, 0.2) is 72.0 Å². The van der Waals surface area contributed by atoms with Crippen molar-refractivity contribution in [2.75, 3.05) is 25.0 Å². The summed E-state index contributed by atoms with van der Waals surface area (Å²) in [5.41, 5.74) is 5.10. The lowest BCUT2D eigenvalue weighted by molar-refractivity contribution is 0.645. The Bertz CT molecular complexity index is 968. The van der Waals surface area contributed by atoms with Gasteiger partial charge in [-0.2, -0.15) is 5.10 Å². The second kappa shape index (κ2) is 11.2. The number of halogens is 1. The van der Waals surface area contributed by atoms with Gasteiger partial charge in [0, 0.05) is 50.8 Å². The van der Waals surface area contributed by atoms with E-state index < -0.39 is 0 Å². The van der Waals surface area contributed by atoms with Crippen molar-refractivity contribution < 1.29 is 0 Å². The highest BCUT2D eigenvalue weighted by molar-refractivity contribution is 14.0. The Morgan fingerprint density at radius 1 is 1.10 bits per heavy atom. The van der Waals surface area contributed by atoms with Crippen LogP contribution >= 0.6 is 24.0 Å². The maximum absolute atomic E-state index is 4.44. The Morgan fingerprint density at radius 2 is 1.87 bits per heavy atom. The number of nitrogens with zero attached hydrogens (tertiary/aromatic N) is 4. The minimum absolute atomic E-state index is 0. The Kier molecular flexibility index (Phi) is 8.34. The molecule has 2 N–H and O–H groups in total. The van der Waals surface area contributed by atoms with Gasteiger partial charge in [-0.05, 0) is 42.7 Å². The number of aromatic nitrogens is 2. The van der Waals surface area contributed by atoms with Gasteiger partial charge in [-0.15, -0.1) is 24.0 Å². The summed E-state index contributed by atoms with van der Waals surface area (Å²) in [5.74, 6) is 0.847. The van der Waals surface area contributed by atoms with Crippen LogP contribution in [0, 0.1) is 6.92 Å². The third kappa shape index (κ3) is 6.22. The zero-order valence-electron chi connectivity index (χ0n) is 18.2. The fraction of sp³-hybridized carbons (Fsp3) is 0.333. The lowest BCUT2D eigenvalue weighted by Gasteiger charge is -2.21. The lowest BCUT2D eigenvalue weighted by Crippen LogP contribution is -2.44. The molecule has 1 unspecified atom stereocenters. The monoisotopic (exact) mass is 530 g/mol. The van der Waals surface area contributed by atoms with Gasteiger partial charge in [0.15, 0.2) is 5.96 Å². The predicted octanol–water partition coefficient (Wildman–Crippen LogP) is 3.80. The lowest BCUT2D eigenvalue weighted by atomic mass is 10.1. The van der Waals surface area contributed by atoms with E-state index in [0.29, 0.717) is 6.04 Å². The fourth-order valence-electron chi connectivity index (χ4n) is 3.89. The quantitative estimate of drug-likeness (QED) is 0.289. The van der Waals surface area contributed by atoms with Crippen molar-refractivity contribution in [3.63, 3.8) is 0 Å². The smallest absolute Gasteiger partial charge is 0.191 e. The van der Waals surface area contributed by atoms with Gasteiger partial charge >= 0.3 is 0 Å². The van der Waals surface area contributed by atoms with Crippen LogP contribution in [0.25, 0.3) is 0 Å². The number of aryl methyl sites for hydroxylation is 1. The summed E-state index contributed by atoms with van der Waals surface area (Å²) in [7, 11) is 1.83. The van der Waals surface area contributed by atoms with Gasteiger partial charge in [0.25, 0.3) is 0 Å². The molecular formula is C24H31IN6. The summed E-state index contributed by atoms with van der Waals surface area (Å²) in [6.45, 7) is 5.67. The fourth-order valence-corrected chi connectivity index (χ4v) is 3.89. The van der Waals surface area contributed by atoms with Gasteiger partial charge in [-0.3, -0.25) is 9.67 Å². The molecule has 1 atom stereocenters. The van der Waals surface area contributed by atoms with E-state index in [2.05, 4.69) is 81.1 Å². The summed E-state index contributed by atoms with van der Waals surface area (Å²) in [6, 6.07) is 19.6. The van der Waals surface area contributed by atoms with Crippen LogP contribution in [0.2, 0.25) is 0 Å². The van der Waals surface area contributed by atoms with Crippen molar-refractivity contribution >= 4 is 35.6 Å². The van der Waals surface area contributed by atoms with Crippen LogP contribution in [0.4, 0.5) is 5.69 Å². The van der Waals surface area contributed by atoms with Crippen LogP contribution in [0.3, 0.4) is 0 Å². The van der Waals surface area contributed by atoms with E-state index in [0.717, 1.165) is 38.6 Å². The van der Waals surface area contributed by atoms with Gasteiger partial charge in [0.1, 0.15) is 0 Å². The molecule has 164 valence electrons. The number of benzene rings is 2. The maximum Gasteiger partial charge on any atom is 0.191 e. The van der Waals surface area contributed by atoms with E-state index in [1.807, 2.05) is 30.2 Å². The van der Waals surface area contributed by atoms with Crippen LogP contribution in [-0.2, 0) is 13.1 Å². The highest BCUT2D eigenvalue weighted by Gasteiger charge is 2.23. The number of nitrogens with one attached hydrogen (secondary N) is 2. The summed E-state index contributed by atoms with van der Waals surface area (Å²) in [6.07, 6.45) is 4.91. The van der Waals surface area contributed by atoms with E-state index in [1.54, 1.807) is 0 Å². The van der Waals surface area contributed by atoms with Crippen molar-refractivity contribution in [3.8, 4) is 0 Å². The standard InChI is InChI=1S/C24H30N6.HI/c1-19-8-10-23(11-9-19)29-15-12-22(18-29)28-24(25-2)26-16-20-6-3-4-7-21(20)17-30-14-5-13-27-30;/h3-11,13-14,22H,12,15-18H2,1-2H3,(H2,25,26,28);1H. The molecule has 1 fully saturated rings. The van der Waals surface area contributed by atoms with Gasteiger partial charge < -0.3 is 15.5 Å². The van der Waals surface area contributed by atoms with Gasteiger partial charge in [-0.25, -0.2) is 0 Å². The largest absolute Gasteiger partial charge is 0.369 e. The van der Waals surface area contributed by atoms with Gasteiger partial charge in [0.2, 0.25) is 0 Å². The van der Waals surface area contributed by atoms with Crippen LogP contribution in [0.5, 0.6) is 0 Å². The van der Waals surface area contributed by atoms with Crippen molar-refractivity contribution in [1.29, 1.82) is 0 Å². The maximum atomic E-state index is 4.44. The minimum Gasteiger partial charge on any atom is -0.369 e. The molecule has 4 rings (SSSR count). The first-order valence-corrected chi connectivity index (χ1v) is 10.5. The molecule has 0 amide bonds. The number of hydrogen-bond donors (Lipinski definition) is 2. The highest BCUT2D eigenvalue weighted by Crippen LogP contribution is 2.20. The van der Waals surface area contributed by atoms with Gasteiger partial charge in [0.05, 0.1) is 6.54 Å². The molecule has 7 heteroatoms. The number of aliphatic imine (C=N–C) groups is 1. The molecule has 2 aromatic carbocycles. The van der Waals surface area contributed by atoms with Gasteiger partial charge in [-0.1, -0.05) is 42.0 Å². The van der Waals surface area contributed by atoms with Crippen LogP contribution in [-0.4, -0.2) is 41.9 Å². The minimum atomic E-state index is 0. The van der Waals surface area contributed by atoms with E-state index in [1.165, 1.54) is 22.4 Å². The molecule has 0 radical (unpaired) electrons. The average Bonchev–Trinajstić information content (AvgIpc) is 3.45. The van der Waals surface area contributed by atoms with Crippen molar-refractivity contribution in [2.24, 2.45) is 4.99 Å². The first-order chi connectivity index (χ1) is 14.7. The molecule has 2 heterocycles. The first-order valence-electron chi connectivity index (χ1n) is 10.5. The predicted molar refractivity (Wildman–Crippen MR) is 138 cm³/mol. The summed E-state index contributed by atoms with van der Waals surface area (Å²) in [4.78, 5) is 6.87. The second-order valence-electron chi connectivity index (χ2n) is 7.81. The number of anilines is 1. The Balaban J connectivity index is 0.00000272. The molecular weight excluding hydrogens is 499 g/mol. The Labute approximate surface area is 201 Å². The molecule has 1 aromatic heterocycles. The van der Waals surface area contributed by atoms with Crippen molar-refractivity contribution in [2.45, 2.75) is 32.5 Å². The van der Waals surface area contributed by atoms with Crippen LogP contribution in [0.1, 0.15) is 23.1 Å². The van der Waals surface area contributed by atoms with E-state index in [9.17, 15) is 0 Å². The topological polar surface area (TPSA) is 57.5 Å². The summed E-state index contributed by atoms with van der Waals surface area (Å²) >= 11 is 0. The van der Waals surface area contributed by atoms with Crippen LogP contribution < -0.4 is 15.5 Å². The molecule has 0 saturated carbocycles. The Morgan fingerprint density at radius 3 is 2.58 bits per heavy atom. The molecule has 6 nitrogen and oxygen atoms in total. The third-order valence-corrected chi connectivity index (χ3v) is 5.61. The summed E-state index contributed by atoms with van der Waals surface area (Å²) in [5, 5.41) is 11.4. The van der Waals surface area contributed by atoms with E-state index in [-0.39, 0.29) is 24.0 Å². The molecule has 0 aliphatic carbocycles. The van der Waals surface area contributed by atoms with E-state index in [4.69, 9.17) is 0 Å². The van der Waals surface area contributed by atoms with Crippen molar-refractivity contribution in [1.82, 2.24) is 20.4 Å². The first kappa shape index (κ1) is 23.1. The molecule has 31 heavy (non-hydrogen) atoms. The number of hydrogen-bond acceptors (Lipinski definition) is 3. The molecule has 0 spiro atoms. The number of guanidine groups is 1. The molecule has 1 saturated heterocycles. The Hall–Kier alpha value is -2.55. The summed E-state index contributed by atoms with van der Waals surface area (Å²) < 4.78 is 1.95. The molecule has 1 aliphatic heterocycles. The zero-order chi connectivity index (χ0) is 20.8. The third-order valence-electron chi connectivity index (χ3n) is 5.61. The van der Waals surface area contributed by atoms with Crippen molar-refractivity contribution in [3.05, 3.63) is 83.7 Å². The molecule has 3 aromatic rings. The second-order valence-corrected chi connectivity index (χ2v) is 7.81. The average molecular weight is 530 g/mol. The SMILES string of the molecule is CN=C(NCc1ccccc1Cn1cccn1)NC1CCN(c2ccc(C)cc2)C1.I. The normalized spacial score (nSPS) is 16.1. The highest BCUT2D eigenvalue weighted by atomic mass is 127. The molecule has 0 bridgehead atoms. The number of rotatable bonds is 6. The zero-order valence-corrected chi connectivity index (χ0v) is 20.5. The molecule has 1 aliphatic rings. The van der Waals surface area contributed by atoms with E-state index >= 15 is 0 Å².